The molecule has 4 rings (SSSR count). The molecule has 0 aromatic heterocycles. The zero-order valence-electron chi connectivity index (χ0n) is 16.4. The summed E-state index contributed by atoms with van der Waals surface area (Å²) in [6.45, 7) is 10.3. The summed E-state index contributed by atoms with van der Waals surface area (Å²) in [6.07, 6.45) is 6.36. The van der Waals surface area contributed by atoms with Crippen LogP contribution in [0.25, 0.3) is 0 Å². The van der Waals surface area contributed by atoms with Gasteiger partial charge in [0, 0.05) is 49.5 Å². The molecule has 2 aliphatic carbocycles. The number of fused-ring (bicyclic) bond motifs is 3. The van der Waals surface area contributed by atoms with E-state index in [1.807, 2.05) is 6.08 Å². The fraction of sp³-hybridized carbons (Fsp3) is 0.762. The molecular weight excluding hydrogens is 559 g/mol. The van der Waals surface area contributed by atoms with Crippen molar-refractivity contribution in [2.75, 3.05) is 20.0 Å². The number of carbonyl (C=O) groups excluding carboxylic acids is 1. The van der Waals surface area contributed by atoms with E-state index in [-0.39, 0.29) is 73.6 Å². The Kier molecular flexibility index (Phi) is 6.66. The molecule has 0 spiro atoms. The van der Waals surface area contributed by atoms with Crippen LogP contribution in [-0.4, -0.2) is 43.3 Å². The first kappa shape index (κ1) is 22.0. The van der Waals surface area contributed by atoms with Crippen molar-refractivity contribution in [2.24, 2.45) is 22.7 Å². The molecule has 4 fully saturated rings. The molecule has 5 nitrogen and oxygen atoms in total. The summed E-state index contributed by atoms with van der Waals surface area (Å²) in [4.78, 5) is 11.8. The second-order valence-electron chi connectivity index (χ2n) is 8.98. The van der Waals surface area contributed by atoms with Gasteiger partial charge < -0.3 is 19.3 Å². The average Bonchev–Trinajstić information content (AvgIpc) is 2.92. The van der Waals surface area contributed by atoms with Gasteiger partial charge in [-0.05, 0) is 49.4 Å². The van der Waals surface area contributed by atoms with E-state index in [1.54, 1.807) is 0 Å². The predicted octanol–water partition coefficient (Wildman–Crippen LogP) is 2.98. The van der Waals surface area contributed by atoms with Crippen LogP contribution in [0.4, 0.5) is 0 Å². The molecule has 147 valence electrons. The van der Waals surface area contributed by atoms with Crippen molar-refractivity contribution in [1.29, 1.82) is 0 Å². The van der Waals surface area contributed by atoms with Gasteiger partial charge in [0.1, 0.15) is 19.5 Å². The van der Waals surface area contributed by atoms with E-state index >= 15 is 0 Å². The van der Waals surface area contributed by atoms with Crippen LogP contribution < -0.4 is 0 Å². The molecule has 0 aromatic rings. The Morgan fingerprint density at radius 3 is 2.78 bits per heavy atom. The van der Waals surface area contributed by atoms with Crippen LogP contribution in [0, 0.1) is 66.7 Å². The summed E-state index contributed by atoms with van der Waals surface area (Å²) in [6, 6.07) is 0. The van der Waals surface area contributed by atoms with Gasteiger partial charge in [0.15, 0.2) is 0 Å². The van der Waals surface area contributed by atoms with Crippen LogP contribution in [0.5, 0.6) is 0 Å². The minimum absolute atomic E-state index is 0. The van der Waals surface area contributed by atoms with E-state index in [2.05, 4.69) is 20.4 Å². The van der Waals surface area contributed by atoms with Gasteiger partial charge in [-0.1, -0.05) is 32.1 Å². The molecule has 0 aromatic carbocycles. The number of ether oxygens (including phenoxy) is 3. The van der Waals surface area contributed by atoms with Crippen molar-refractivity contribution >= 4 is 5.97 Å². The molecule has 2 saturated carbocycles. The molecule has 0 bridgehead atoms. The summed E-state index contributed by atoms with van der Waals surface area (Å²) in [5.74, 6) is 0.419. The van der Waals surface area contributed by atoms with Gasteiger partial charge in [-0.2, -0.15) is 0 Å². The molecule has 6 atom stereocenters. The van der Waals surface area contributed by atoms with E-state index in [9.17, 15) is 9.90 Å². The van der Waals surface area contributed by atoms with Crippen molar-refractivity contribution in [1.82, 2.24) is 0 Å². The monoisotopic (exact) mass is 589 g/mol. The van der Waals surface area contributed by atoms with E-state index in [1.165, 1.54) is 5.57 Å². The zero-order chi connectivity index (χ0) is 18.5. The number of cyclic esters (lactones) is 1. The van der Waals surface area contributed by atoms with Crippen LogP contribution in [0.1, 0.15) is 46.0 Å². The first-order chi connectivity index (χ1) is 12.4. The van der Waals surface area contributed by atoms with Crippen LogP contribution in [0.2, 0.25) is 0 Å². The maximum Gasteiger partial charge on any atom is 0.336 e. The number of aliphatic hydroxyl groups excluding tert-OH is 1. The van der Waals surface area contributed by atoms with Gasteiger partial charge >= 0.3 is 5.97 Å². The molecule has 2 heterocycles. The number of carbonyl (C=O) groups is 1. The Bertz CT molecular complexity index is 646. The number of hydrogen-bond donors (Lipinski definition) is 1. The zero-order valence-corrected chi connectivity index (χ0v) is 21.2. The van der Waals surface area contributed by atoms with Crippen molar-refractivity contribution < 1.29 is 68.2 Å². The maximum atomic E-state index is 11.8. The van der Waals surface area contributed by atoms with E-state index < -0.39 is 6.10 Å². The summed E-state index contributed by atoms with van der Waals surface area (Å²) in [5.41, 5.74) is 1.81. The minimum Gasteiger partial charge on any atom is -0.459 e. The first-order valence-corrected chi connectivity index (χ1v) is 9.78. The van der Waals surface area contributed by atoms with E-state index in [4.69, 9.17) is 14.2 Å². The van der Waals surface area contributed by atoms with Crippen molar-refractivity contribution in [3.05, 3.63) is 23.8 Å². The molecule has 3 unspecified atom stereocenters. The van der Waals surface area contributed by atoms with Gasteiger partial charge in [0.25, 0.3) is 0 Å². The Morgan fingerprint density at radius 2 is 2.07 bits per heavy atom. The van der Waals surface area contributed by atoms with Crippen LogP contribution >= 0.6 is 0 Å². The Hall–Kier alpha value is 0.272. The van der Waals surface area contributed by atoms with Crippen molar-refractivity contribution in [3.63, 3.8) is 0 Å². The number of rotatable bonds is 2. The predicted molar refractivity (Wildman–Crippen MR) is 96.2 cm³/mol. The fourth-order valence-corrected chi connectivity index (χ4v) is 6.19. The number of hydrogen-bond acceptors (Lipinski definition) is 5. The van der Waals surface area contributed by atoms with Gasteiger partial charge in [0.05, 0.1) is 18.3 Å². The molecule has 0 amide bonds. The molecule has 27 heavy (non-hydrogen) atoms. The number of allylic oxidation sites excluding steroid dienone is 2. The summed E-state index contributed by atoms with van der Waals surface area (Å²) >= 11 is 0. The first-order valence-electron chi connectivity index (χ1n) is 9.78. The number of aliphatic hydroxyl groups is 1. The SMILES string of the molecule is C=C1CCC2[C@]3(C)COCOC3CC[C@]2(C)[C@H]1C/C=C1/C(=O)OCC1O.[Ac]. The third kappa shape index (κ3) is 3.63. The van der Waals surface area contributed by atoms with Crippen LogP contribution in [-0.2, 0) is 19.0 Å². The van der Waals surface area contributed by atoms with E-state index in [0.29, 0.717) is 24.2 Å². The van der Waals surface area contributed by atoms with Crippen molar-refractivity contribution in [2.45, 2.75) is 58.2 Å². The van der Waals surface area contributed by atoms with Gasteiger partial charge in [-0.3, -0.25) is 0 Å². The standard InChI is InChI=1S/C21H30O5.Ac/c1-13-4-7-17-20(2,9-8-18-21(17,3)11-24-12-26-18)15(13)6-5-14-16(22)10-25-19(14)23;/h5,15-18,22H,1,4,6-12H2,2-3H3;/b14-5+;/t15-,16?,17?,18?,20+,21-;/m0./s1. The minimum atomic E-state index is -0.795. The molecule has 1 radical (unpaired) electrons. The second kappa shape index (κ2) is 8.19. The third-order valence-electron chi connectivity index (χ3n) is 7.62. The summed E-state index contributed by atoms with van der Waals surface area (Å²) in [5, 5.41) is 9.98. The normalized spacial score (nSPS) is 45.7. The van der Waals surface area contributed by atoms with Gasteiger partial charge in [-0.15, -0.1) is 0 Å². The van der Waals surface area contributed by atoms with Gasteiger partial charge in [0.2, 0.25) is 0 Å². The third-order valence-corrected chi connectivity index (χ3v) is 7.62. The van der Waals surface area contributed by atoms with E-state index in [0.717, 1.165) is 38.7 Å². The second-order valence-corrected chi connectivity index (χ2v) is 8.98. The maximum absolute atomic E-state index is 11.8. The van der Waals surface area contributed by atoms with Crippen LogP contribution in [0.15, 0.2) is 23.8 Å². The number of esters is 1. The molecular formula is C21H30AcO5. The smallest absolute Gasteiger partial charge is 0.336 e. The van der Waals surface area contributed by atoms with Gasteiger partial charge in [-0.25, -0.2) is 4.79 Å². The van der Waals surface area contributed by atoms with Crippen molar-refractivity contribution in [3.8, 4) is 0 Å². The quantitative estimate of drug-likeness (QED) is 0.305. The molecule has 2 saturated heterocycles. The molecule has 2 aliphatic heterocycles. The Morgan fingerprint density at radius 1 is 1.30 bits per heavy atom. The fourth-order valence-electron chi connectivity index (χ4n) is 6.19. The summed E-state index contributed by atoms with van der Waals surface area (Å²) in [7, 11) is 0. The van der Waals surface area contributed by atoms with Crippen LogP contribution in [0.3, 0.4) is 0 Å². The Balaban J connectivity index is 0.00000210. The molecule has 1 N–H and O–H groups in total. The average molecular weight is 589 g/mol. The molecule has 6 heteroatoms. The molecule has 4 aliphatic rings. The largest absolute Gasteiger partial charge is 0.459 e. The summed E-state index contributed by atoms with van der Waals surface area (Å²) < 4.78 is 16.6. The topological polar surface area (TPSA) is 65.0 Å². The Labute approximate surface area is 197 Å².